The highest BCUT2D eigenvalue weighted by molar-refractivity contribution is 7.10. The van der Waals surface area contributed by atoms with Gasteiger partial charge in [-0.1, -0.05) is 30.3 Å². The lowest BCUT2D eigenvalue weighted by atomic mass is 9.73. The van der Waals surface area contributed by atoms with E-state index in [1.807, 2.05) is 42.1 Å². The summed E-state index contributed by atoms with van der Waals surface area (Å²) in [6, 6.07) is 18.3. The van der Waals surface area contributed by atoms with Crippen LogP contribution in [0.1, 0.15) is 46.4 Å². The van der Waals surface area contributed by atoms with E-state index < -0.39 is 0 Å². The van der Waals surface area contributed by atoms with Crippen molar-refractivity contribution in [3.63, 3.8) is 0 Å². The molecule has 1 N–H and O–H groups in total. The molecule has 4 heterocycles. The van der Waals surface area contributed by atoms with Gasteiger partial charge in [-0.05, 0) is 48.6 Å². The number of carbonyl (C=O) groups excluding carboxylic acids is 1. The van der Waals surface area contributed by atoms with Crippen LogP contribution >= 0.6 is 11.3 Å². The Balaban J connectivity index is 1.54. The average molecular weight is 439 g/mol. The third-order valence-corrected chi connectivity index (χ3v) is 7.46. The SMILES string of the molecule is Cc1nn(-c2ccccc2)c2c1[C@H](c1cccnc1)C1=C(C[C@@H](c3cccs3)CC1=O)N2. The second-order valence-corrected chi connectivity index (χ2v) is 9.35. The molecule has 0 radical (unpaired) electrons. The number of allylic oxidation sites excluding steroid dienone is 2. The fraction of sp³-hybridized carbons (Fsp3) is 0.192. The molecule has 3 aromatic heterocycles. The Morgan fingerprint density at radius 3 is 2.69 bits per heavy atom. The van der Waals surface area contributed by atoms with Crippen molar-refractivity contribution in [3.05, 3.63) is 105 Å². The number of Topliss-reactive ketones (excluding diaryl/α,β-unsaturated/α-hetero) is 1. The first kappa shape index (κ1) is 19.2. The maximum Gasteiger partial charge on any atom is 0.162 e. The van der Waals surface area contributed by atoms with Crippen molar-refractivity contribution in [1.29, 1.82) is 0 Å². The zero-order chi connectivity index (χ0) is 21.7. The number of rotatable bonds is 3. The summed E-state index contributed by atoms with van der Waals surface area (Å²) in [5.74, 6) is 1.20. The molecule has 158 valence electrons. The van der Waals surface area contributed by atoms with Gasteiger partial charge in [-0.2, -0.15) is 5.10 Å². The molecule has 0 amide bonds. The second kappa shape index (κ2) is 7.57. The lowest BCUT2D eigenvalue weighted by Gasteiger charge is -2.35. The Morgan fingerprint density at radius 1 is 1.06 bits per heavy atom. The molecule has 5 nitrogen and oxygen atoms in total. The summed E-state index contributed by atoms with van der Waals surface area (Å²) in [6.07, 6.45) is 5.01. The molecule has 0 spiro atoms. The molecule has 0 unspecified atom stereocenters. The Kier molecular flexibility index (Phi) is 4.54. The van der Waals surface area contributed by atoms with Crippen LogP contribution in [0, 0.1) is 6.92 Å². The number of carbonyl (C=O) groups is 1. The number of thiophene rings is 1. The summed E-state index contributed by atoms with van der Waals surface area (Å²) in [4.78, 5) is 19.2. The van der Waals surface area contributed by atoms with Gasteiger partial charge in [0, 0.05) is 52.4 Å². The first-order valence-corrected chi connectivity index (χ1v) is 11.7. The van der Waals surface area contributed by atoms with E-state index in [1.54, 1.807) is 17.5 Å². The van der Waals surface area contributed by atoms with Gasteiger partial charge in [-0.15, -0.1) is 11.3 Å². The Labute approximate surface area is 190 Å². The predicted octanol–water partition coefficient (Wildman–Crippen LogP) is 5.60. The molecule has 1 aromatic carbocycles. The van der Waals surface area contributed by atoms with E-state index in [-0.39, 0.29) is 17.6 Å². The fourth-order valence-electron chi connectivity index (χ4n) is 5.04. The van der Waals surface area contributed by atoms with E-state index in [4.69, 9.17) is 5.10 Å². The highest BCUT2D eigenvalue weighted by Crippen LogP contribution is 2.49. The van der Waals surface area contributed by atoms with E-state index in [0.717, 1.165) is 46.0 Å². The van der Waals surface area contributed by atoms with Gasteiger partial charge in [0.15, 0.2) is 5.78 Å². The smallest absolute Gasteiger partial charge is 0.162 e. The number of nitrogens with one attached hydrogen (secondary N) is 1. The number of aromatic nitrogens is 3. The van der Waals surface area contributed by atoms with E-state index in [9.17, 15) is 4.79 Å². The maximum absolute atomic E-state index is 13.6. The summed E-state index contributed by atoms with van der Waals surface area (Å²) in [5.41, 5.74) is 5.89. The van der Waals surface area contributed by atoms with Crippen LogP contribution < -0.4 is 5.32 Å². The number of para-hydroxylation sites is 1. The number of aryl methyl sites for hydroxylation is 1. The predicted molar refractivity (Wildman–Crippen MR) is 126 cm³/mol. The summed E-state index contributed by atoms with van der Waals surface area (Å²) in [5, 5.41) is 10.6. The third kappa shape index (κ3) is 3.02. The molecule has 0 saturated carbocycles. The normalized spacial score (nSPS) is 20.0. The van der Waals surface area contributed by atoms with Crippen LogP contribution in [0.2, 0.25) is 0 Å². The van der Waals surface area contributed by atoms with Crippen LogP contribution in [-0.2, 0) is 4.79 Å². The number of pyridine rings is 1. The van der Waals surface area contributed by atoms with Crippen molar-refractivity contribution in [2.24, 2.45) is 0 Å². The quantitative estimate of drug-likeness (QED) is 0.453. The van der Waals surface area contributed by atoms with Gasteiger partial charge in [0.1, 0.15) is 5.82 Å². The van der Waals surface area contributed by atoms with Crippen LogP contribution in [0.25, 0.3) is 5.69 Å². The zero-order valence-electron chi connectivity index (χ0n) is 17.7. The highest BCUT2D eigenvalue weighted by atomic mass is 32.1. The number of anilines is 1. The van der Waals surface area contributed by atoms with Crippen LogP contribution in [0.4, 0.5) is 5.82 Å². The van der Waals surface area contributed by atoms with E-state index in [1.165, 1.54) is 4.88 Å². The molecule has 4 aromatic rings. The number of hydrogen-bond donors (Lipinski definition) is 1. The summed E-state index contributed by atoms with van der Waals surface area (Å²) >= 11 is 1.73. The second-order valence-electron chi connectivity index (χ2n) is 8.38. The number of nitrogens with zero attached hydrogens (tertiary/aromatic N) is 3. The standard InChI is InChI=1S/C26H22N4OS/c1-16-23-24(17-7-5-11-27-15-17)25-20(13-18(14-21(25)31)22-10-6-12-32-22)28-26(23)30(29-16)19-8-3-2-4-9-19/h2-12,15,18,24,28H,13-14H2,1H3/t18-,24+/m1/s1. The van der Waals surface area contributed by atoms with Crippen molar-refractivity contribution in [1.82, 2.24) is 14.8 Å². The first-order valence-electron chi connectivity index (χ1n) is 10.8. The molecular weight excluding hydrogens is 416 g/mol. The van der Waals surface area contributed by atoms with Crippen molar-refractivity contribution in [2.45, 2.75) is 31.6 Å². The molecule has 6 heteroatoms. The van der Waals surface area contributed by atoms with Gasteiger partial charge in [-0.25, -0.2) is 4.68 Å². The molecule has 32 heavy (non-hydrogen) atoms. The number of hydrogen-bond acceptors (Lipinski definition) is 5. The summed E-state index contributed by atoms with van der Waals surface area (Å²) < 4.78 is 1.97. The van der Waals surface area contributed by atoms with Gasteiger partial charge < -0.3 is 5.32 Å². The van der Waals surface area contributed by atoms with Crippen molar-refractivity contribution < 1.29 is 4.79 Å². The molecule has 2 aliphatic rings. The zero-order valence-corrected chi connectivity index (χ0v) is 18.5. The third-order valence-electron chi connectivity index (χ3n) is 6.43. The van der Waals surface area contributed by atoms with E-state index in [0.29, 0.717) is 6.42 Å². The molecular formula is C26H22N4OS. The lowest BCUT2D eigenvalue weighted by Crippen LogP contribution is -2.30. The molecule has 0 fully saturated rings. The highest BCUT2D eigenvalue weighted by Gasteiger charge is 2.41. The van der Waals surface area contributed by atoms with Gasteiger partial charge in [0.2, 0.25) is 0 Å². The van der Waals surface area contributed by atoms with Gasteiger partial charge in [0.25, 0.3) is 0 Å². The van der Waals surface area contributed by atoms with Crippen LogP contribution in [0.5, 0.6) is 0 Å². The van der Waals surface area contributed by atoms with Crippen molar-refractivity contribution >= 4 is 22.9 Å². The van der Waals surface area contributed by atoms with Crippen LogP contribution in [0.3, 0.4) is 0 Å². The van der Waals surface area contributed by atoms with Crippen LogP contribution in [0.15, 0.2) is 83.6 Å². The van der Waals surface area contributed by atoms with Crippen molar-refractivity contribution in [2.75, 3.05) is 5.32 Å². The maximum atomic E-state index is 13.6. The average Bonchev–Trinajstić information content (AvgIpc) is 3.48. The minimum absolute atomic E-state index is 0.163. The van der Waals surface area contributed by atoms with Gasteiger partial charge in [0.05, 0.1) is 11.4 Å². The number of ketones is 1. The largest absolute Gasteiger partial charge is 0.343 e. The topological polar surface area (TPSA) is 59.8 Å². The molecule has 6 rings (SSSR count). The fourth-order valence-corrected chi connectivity index (χ4v) is 5.87. The molecule has 2 atom stereocenters. The number of benzene rings is 1. The minimum Gasteiger partial charge on any atom is -0.343 e. The van der Waals surface area contributed by atoms with Gasteiger partial charge >= 0.3 is 0 Å². The lowest BCUT2D eigenvalue weighted by molar-refractivity contribution is -0.116. The molecule has 1 aliphatic carbocycles. The minimum atomic E-state index is -0.163. The van der Waals surface area contributed by atoms with Crippen LogP contribution in [-0.4, -0.2) is 20.5 Å². The Bertz CT molecular complexity index is 1320. The van der Waals surface area contributed by atoms with E-state index >= 15 is 0 Å². The van der Waals surface area contributed by atoms with Crippen molar-refractivity contribution in [3.8, 4) is 5.69 Å². The molecule has 1 aliphatic heterocycles. The summed E-state index contributed by atoms with van der Waals surface area (Å²) in [6.45, 7) is 2.02. The Morgan fingerprint density at radius 2 is 1.94 bits per heavy atom. The van der Waals surface area contributed by atoms with E-state index in [2.05, 4.69) is 46.0 Å². The molecule has 0 bridgehead atoms. The first-order chi connectivity index (χ1) is 15.7. The number of fused-ring (bicyclic) bond motifs is 1. The Hall–Kier alpha value is -3.51. The summed E-state index contributed by atoms with van der Waals surface area (Å²) in [7, 11) is 0. The molecule has 0 saturated heterocycles. The van der Waals surface area contributed by atoms with Gasteiger partial charge in [-0.3, -0.25) is 9.78 Å². The monoisotopic (exact) mass is 438 g/mol.